The lowest BCUT2D eigenvalue weighted by Gasteiger charge is -2.21. The Bertz CT molecular complexity index is 776. The van der Waals surface area contributed by atoms with Crippen LogP contribution >= 0.6 is 24.0 Å². The lowest BCUT2D eigenvalue weighted by Crippen LogP contribution is -2.48. The van der Waals surface area contributed by atoms with Gasteiger partial charge in [0, 0.05) is 36.2 Å². The molecule has 0 radical (unpaired) electrons. The van der Waals surface area contributed by atoms with Crippen molar-refractivity contribution in [1.29, 1.82) is 0 Å². The molecule has 1 amide bonds. The van der Waals surface area contributed by atoms with Gasteiger partial charge in [0.05, 0.1) is 6.54 Å². The summed E-state index contributed by atoms with van der Waals surface area (Å²) in [6.07, 6.45) is 3.98. The van der Waals surface area contributed by atoms with Gasteiger partial charge in [-0.15, -0.1) is 24.0 Å². The van der Waals surface area contributed by atoms with E-state index < -0.39 is 0 Å². The maximum absolute atomic E-state index is 11.9. The van der Waals surface area contributed by atoms with Crippen molar-refractivity contribution in [3.05, 3.63) is 35.5 Å². The van der Waals surface area contributed by atoms with Crippen LogP contribution in [0.4, 0.5) is 0 Å². The summed E-state index contributed by atoms with van der Waals surface area (Å²) in [6, 6.07) is 6.43. The van der Waals surface area contributed by atoms with E-state index in [1.165, 1.54) is 22.0 Å². The van der Waals surface area contributed by atoms with Gasteiger partial charge in [0.15, 0.2) is 5.96 Å². The number of guanidine groups is 1. The van der Waals surface area contributed by atoms with Gasteiger partial charge >= 0.3 is 0 Å². The third-order valence-electron chi connectivity index (χ3n) is 4.11. The molecule has 7 heteroatoms. The topological polar surface area (TPSA) is 81.3 Å². The summed E-state index contributed by atoms with van der Waals surface area (Å²) in [4.78, 5) is 19.5. The number of fused-ring (bicyclic) bond motifs is 1. The molecule has 0 atom stereocenters. The minimum atomic E-state index is -0.234. The summed E-state index contributed by atoms with van der Waals surface area (Å²) in [6.45, 7) is 8.99. The number of halogens is 1. The fourth-order valence-electron chi connectivity index (χ4n) is 2.94. The second-order valence-electron chi connectivity index (χ2n) is 7.41. The third kappa shape index (κ3) is 7.04. The molecule has 1 aromatic heterocycles. The number of aryl methyl sites for hydroxylation is 1. The van der Waals surface area contributed by atoms with E-state index in [2.05, 4.69) is 57.2 Å². The number of benzene rings is 1. The van der Waals surface area contributed by atoms with Gasteiger partial charge in [-0.05, 0) is 44.7 Å². The van der Waals surface area contributed by atoms with Gasteiger partial charge in [0.2, 0.25) is 5.91 Å². The summed E-state index contributed by atoms with van der Waals surface area (Å²) >= 11 is 0. The summed E-state index contributed by atoms with van der Waals surface area (Å²) in [5.41, 5.74) is 3.61. The highest BCUT2D eigenvalue weighted by molar-refractivity contribution is 14.0. The molecular weight excluding hydrogens is 453 g/mol. The number of hydrogen-bond acceptors (Lipinski definition) is 2. The van der Waals surface area contributed by atoms with E-state index in [0.717, 1.165) is 19.4 Å². The van der Waals surface area contributed by atoms with Crippen LogP contribution in [0.15, 0.2) is 29.4 Å². The zero-order valence-electron chi connectivity index (χ0n) is 16.9. The maximum atomic E-state index is 11.9. The Morgan fingerprint density at radius 3 is 2.56 bits per heavy atom. The van der Waals surface area contributed by atoms with Crippen LogP contribution in [0.25, 0.3) is 10.9 Å². The molecule has 0 spiro atoms. The van der Waals surface area contributed by atoms with E-state index in [1.807, 2.05) is 20.8 Å². The SMILES string of the molecule is CCc1cccc2c(CCNC(=NC)NCC(=O)NC(C)(C)C)c[nH]c12.I. The number of amides is 1. The van der Waals surface area contributed by atoms with Crippen molar-refractivity contribution in [3.8, 4) is 0 Å². The standard InChI is InChI=1S/C20H31N5O.HI/c1-6-14-8-7-9-16-15(12-23-18(14)16)10-11-22-19(21-5)24-13-17(26)25-20(2,3)4;/h7-9,12,23H,6,10-11,13H2,1-5H3,(H,25,26)(H2,21,22,24);1H. The third-order valence-corrected chi connectivity index (χ3v) is 4.11. The highest BCUT2D eigenvalue weighted by atomic mass is 127. The van der Waals surface area contributed by atoms with Gasteiger partial charge < -0.3 is 20.9 Å². The largest absolute Gasteiger partial charge is 0.361 e. The lowest BCUT2D eigenvalue weighted by molar-refractivity contribution is -0.121. The fourth-order valence-corrected chi connectivity index (χ4v) is 2.94. The molecule has 2 rings (SSSR count). The molecule has 150 valence electrons. The van der Waals surface area contributed by atoms with Gasteiger partial charge in [-0.25, -0.2) is 0 Å². The Labute approximate surface area is 179 Å². The first-order chi connectivity index (χ1) is 12.3. The van der Waals surface area contributed by atoms with Crippen molar-refractivity contribution in [2.24, 2.45) is 4.99 Å². The molecule has 6 nitrogen and oxygen atoms in total. The molecule has 2 aromatic rings. The number of nitrogens with zero attached hydrogens (tertiary/aromatic N) is 1. The van der Waals surface area contributed by atoms with Crippen LogP contribution in [0.5, 0.6) is 0 Å². The number of para-hydroxylation sites is 1. The second kappa shape index (κ2) is 10.5. The highest BCUT2D eigenvalue weighted by Crippen LogP contribution is 2.22. The zero-order valence-corrected chi connectivity index (χ0v) is 19.2. The van der Waals surface area contributed by atoms with Crippen molar-refractivity contribution in [3.63, 3.8) is 0 Å². The van der Waals surface area contributed by atoms with E-state index in [0.29, 0.717) is 5.96 Å². The quantitative estimate of drug-likeness (QED) is 0.289. The molecular formula is C20H32IN5O. The molecule has 1 aromatic carbocycles. The van der Waals surface area contributed by atoms with Crippen LogP contribution in [-0.2, 0) is 17.6 Å². The first-order valence-corrected chi connectivity index (χ1v) is 9.17. The van der Waals surface area contributed by atoms with Gasteiger partial charge in [0.25, 0.3) is 0 Å². The average Bonchev–Trinajstić information content (AvgIpc) is 2.99. The number of aromatic amines is 1. The molecule has 0 aliphatic carbocycles. The van der Waals surface area contributed by atoms with Crippen molar-refractivity contribution in [2.75, 3.05) is 20.1 Å². The molecule has 0 saturated heterocycles. The average molecular weight is 485 g/mol. The Morgan fingerprint density at radius 2 is 1.93 bits per heavy atom. The number of carbonyl (C=O) groups is 1. The predicted octanol–water partition coefficient (Wildman–Crippen LogP) is 2.97. The second-order valence-corrected chi connectivity index (χ2v) is 7.41. The van der Waals surface area contributed by atoms with Crippen LogP contribution in [0.3, 0.4) is 0 Å². The molecule has 0 unspecified atom stereocenters. The highest BCUT2D eigenvalue weighted by Gasteiger charge is 2.13. The van der Waals surface area contributed by atoms with Gasteiger partial charge in [-0.1, -0.05) is 25.1 Å². The number of hydrogen-bond donors (Lipinski definition) is 4. The maximum Gasteiger partial charge on any atom is 0.239 e. The lowest BCUT2D eigenvalue weighted by atomic mass is 10.1. The Hall–Kier alpha value is -1.77. The number of nitrogens with one attached hydrogen (secondary N) is 4. The molecule has 0 bridgehead atoms. The van der Waals surface area contributed by atoms with Crippen molar-refractivity contribution >= 4 is 46.7 Å². The summed E-state index contributed by atoms with van der Waals surface area (Å²) in [7, 11) is 1.70. The van der Waals surface area contributed by atoms with Crippen molar-refractivity contribution < 1.29 is 4.79 Å². The fraction of sp³-hybridized carbons (Fsp3) is 0.500. The minimum absolute atomic E-state index is 0. The molecule has 0 saturated carbocycles. The molecule has 0 aliphatic heterocycles. The first-order valence-electron chi connectivity index (χ1n) is 9.17. The monoisotopic (exact) mass is 485 g/mol. The van der Waals surface area contributed by atoms with E-state index in [9.17, 15) is 4.79 Å². The predicted molar refractivity (Wildman–Crippen MR) is 124 cm³/mol. The van der Waals surface area contributed by atoms with Gasteiger partial charge in [0.1, 0.15) is 0 Å². The summed E-state index contributed by atoms with van der Waals surface area (Å²) in [5, 5.41) is 10.5. The molecule has 27 heavy (non-hydrogen) atoms. The Balaban J connectivity index is 0.00000364. The van der Waals surface area contributed by atoms with E-state index in [-0.39, 0.29) is 42.0 Å². The number of aliphatic imine (C=N–C) groups is 1. The molecule has 1 heterocycles. The van der Waals surface area contributed by atoms with E-state index in [1.54, 1.807) is 7.05 Å². The molecule has 4 N–H and O–H groups in total. The number of carbonyl (C=O) groups excluding carboxylic acids is 1. The van der Waals surface area contributed by atoms with Crippen LogP contribution in [0.2, 0.25) is 0 Å². The number of rotatable bonds is 6. The smallest absolute Gasteiger partial charge is 0.239 e. The van der Waals surface area contributed by atoms with E-state index in [4.69, 9.17) is 0 Å². The Kier molecular flexibility index (Phi) is 9.08. The first kappa shape index (κ1) is 23.3. The van der Waals surface area contributed by atoms with Crippen LogP contribution < -0.4 is 16.0 Å². The summed E-state index contributed by atoms with van der Waals surface area (Å²) in [5.74, 6) is 0.576. The van der Waals surface area contributed by atoms with Crippen molar-refractivity contribution in [2.45, 2.75) is 46.1 Å². The zero-order chi connectivity index (χ0) is 19.2. The number of aromatic nitrogens is 1. The van der Waals surface area contributed by atoms with Crippen LogP contribution in [0, 0.1) is 0 Å². The molecule has 0 aliphatic rings. The minimum Gasteiger partial charge on any atom is -0.361 e. The van der Waals surface area contributed by atoms with Crippen LogP contribution in [0.1, 0.15) is 38.8 Å². The number of H-pyrrole nitrogens is 1. The normalized spacial score (nSPS) is 11.8. The Morgan fingerprint density at radius 1 is 1.19 bits per heavy atom. The van der Waals surface area contributed by atoms with Gasteiger partial charge in [-0.2, -0.15) is 0 Å². The van der Waals surface area contributed by atoms with Crippen molar-refractivity contribution in [1.82, 2.24) is 20.9 Å². The van der Waals surface area contributed by atoms with Crippen LogP contribution in [-0.4, -0.2) is 42.5 Å². The molecule has 0 fully saturated rings. The van der Waals surface area contributed by atoms with Gasteiger partial charge in [-0.3, -0.25) is 9.79 Å². The van der Waals surface area contributed by atoms with E-state index >= 15 is 0 Å². The summed E-state index contributed by atoms with van der Waals surface area (Å²) < 4.78 is 0.